The number of carbonyl (C=O) groups is 1. The van der Waals surface area contributed by atoms with Gasteiger partial charge in [0, 0.05) is 15.8 Å². The van der Waals surface area contributed by atoms with Gasteiger partial charge in [-0.25, -0.2) is 0 Å². The molecular formula is C16H19NOS2. The van der Waals surface area contributed by atoms with Crippen LogP contribution < -0.4 is 0 Å². The van der Waals surface area contributed by atoms with E-state index in [1.807, 2.05) is 40.6 Å². The topological polar surface area (TPSA) is 20.3 Å². The third kappa shape index (κ3) is 4.12. The van der Waals surface area contributed by atoms with Gasteiger partial charge in [0.15, 0.2) is 0 Å². The first-order valence-corrected chi connectivity index (χ1v) is 7.98. The molecule has 0 radical (unpaired) electrons. The Kier molecular flexibility index (Phi) is 5.26. The highest BCUT2D eigenvalue weighted by atomic mass is 32.1. The zero-order valence-corrected chi connectivity index (χ0v) is 13.5. The Balaban J connectivity index is 2.05. The summed E-state index contributed by atoms with van der Waals surface area (Å²) >= 11 is 5.95. The van der Waals surface area contributed by atoms with Crippen molar-refractivity contribution in [3.05, 3.63) is 52.2 Å². The molecule has 1 aromatic carbocycles. The lowest BCUT2D eigenvalue weighted by molar-refractivity contribution is -0.132. The van der Waals surface area contributed by atoms with Gasteiger partial charge in [-0.15, -0.1) is 24.0 Å². The van der Waals surface area contributed by atoms with Crippen LogP contribution in [0, 0.1) is 0 Å². The molecule has 2 rings (SSSR count). The Morgan fingerprint density at radius 3 is 2.50 bits per heavy atom. The fraction of sp³-hybridized carbons (Fsp3) is 0.312. The Labute approximate surface area is 129 Å². The van der Waals surface area contributed by atoms with Crippen LogP contribution in [0.4, 0.5) is 0 Å². The maximum Gasteiger partial charge on any atom is 0.227 e. The molecule has 0 fully saturated rings. The average Bonchev–Trinajstić information content (AvgIpc) is 2.91. The number of amides is 1. The predicted octanol–water partition coefficient (Wildman–Crippen LogP) is 4.02. The molecule has 0 atom stereocenters. The third-order valence-corrected chi connectivity index (χ3v) is 4.30. The zero-order chi connectivity index (χ0) is 14.5. The van der Waals surface area contributed by atoms with Crippen LogP contribution in [0.1, 0.15) is 24.3 Å². The molecule has 0 aliphatic carbocycles. The second kappa shape index (κ2) is 6.95. The van der Waals surface area contributed by atoms with Gasteiger partial charge in [0.25, 0.3) is 0 Å². The number of thiol groups is 1. The minimum atomic E-state index is 0.167. The summed E-state index contributed by atoms with van der Waals surface area (Å²) in [6.45, 7) is 4.81. The lowest BCUT2D eigenvalue weighted by atomic mass is 10.1. The molecule has 20 heavy (non-hydrogen) atoms. The molecule has 1 amide bonds. The van der Waals surface area contributed by atoms with E-state index in [1.54, 1.807) is 11.3 Å². The molecule has 1 aromatic heterocycles. The fourth-order valence-corrected chi connectivity index (χ4v) is 2.87. The van der Waals surface area contributed by atoms with Crippen LogP contribution in [-0.4, -0.2) is 16.8 Å². The standard InChI is InChI=1S/C16H19NOS2/c1-12(2)17(11-15-4-3-9-20-15)16(18)10-13-5-7-14(19)8-6-13/h3-9,12,19H,10-11H2,1-2H3. The smallest absolute Gasteiger partial charge is 0.227 e. The Hall–Kier alpha value is -1.26. The lowest BCUT2D eigenvalue weighted by Gasteiger charge is -2.26. The SMILES string of the molecule is CC(C)N(Cc1cccs1)C(=O)Cc1ccc(S)cc1. The maximum atomic E-state index is 12.5. The summed E-state index contributed by atoms with van der Waals surface area (Å²) in [7, 11) is 0. The number of carbonyl (C=O) groups excluding carboxylic acids is 1. The van der Waals surface area contributed by atoms with Gasteiger partial charge in [-0.05, 0) is 43.0 Å². The number of nitrogens with zero attached hydrogens (tertiary/aromatic N) is 1. The first-order valence-electron chi connectivity index (χ1n) is 6.66. The van der Waals surface area contributed by atoms with Gasteiger partial charge in [-0.1, -0.05) is 18.2 Å². The monoisotopic (exact) mass is 305 g/mol. The van der Waals surface area contributed by atoms with Gasteiger partial charge in [-0.2, -0.15) is 0 Å². The van der Waals surface area contributed by atoms with Crippen LogP contribution in [0.2, 0.25) is 0 Å². The van der Waals surface area contributed by atoms with Crippen molar-refractivity contribution in [1.82, 2.24) is 4.90 Å². The van der Waals surface area contributed by atoms with Crippen LogP contribution in [-0.2, 0) is 17.8 Å². The molecule has 0 saturated heterocycles. The number of thiophene rings is 1. The van der Waals surface area contributed by atoms with Gasteiger partial charge < -0.3 is 4.90 Å². The van der Waals surface area contributed by atoms with Crippen molar-refractivity contribution in [2.45, 2.75) is 37.8 Å². The molecule has 4 heteroatoms. The van der Waals surface area contributed by atoms with Crippen molar-refractivity contribution in [2.24, 2.45) is 0 Å². The Morgan fingerprint density at radius 1 is 1.25 bits per heavy atom. The van der Waals surface area contributed by atoms with E-state index in [0.29, 0.717) is 13.0 Å². The average molecular weight is 305 g/mol. The number of benzene rings is 1. The van der Waals surface area contributed by atoms with Gasteiger partial charge in [0.2, 0.25) is 5.91 Å². The van der Waals surface area contributed by atoms with Gasteiger partial charge in [0.05, 0.1) is 13.0 Å². The lowest BCUT2D eigenvalue weighted by Crippen LogP contribution is -2.37. The molecule has 0 unspecified atom stereocenters. The first kappa shape index (κ1) is 15.1. The van der Waals surface area contributed by atoms with E-state index in [2.05, 4.69) is 32.5 Å². The van der Waals surface area contributed by atoms with Gasteiger partial charge in [0.1, 0.15) is 0 Å². The Bertz CT molecular complexity index is 546. The summed E-state index contributed by atoms with van der Waals surface area (Å²) in [5.41, 5.74) is 1.03. The fourth-order valence-electron chi connectivity index (χ4n) is 2.02. The maximum absolute atomic E-state index is 12.5. The van der Waals surface area contributed by atoms with Crippen molar-refractivity contribution >= 4 is 29.9 Å². The molecule has 0 N–H and O–H groups in total. The highest BCUT2D eigenvalue weighted by Gasteiger charge is 2.18. The molecule has 0 aliphatic heterocycles. The van der Waals surface area contributed by atoms with Crippen molar-refractivity contribution < 1.29 is 4.79 Å². The van der Waals surface area contributed by atoms with Crippen LogP contribution in [0.15, 0.2) is 46.7 Å². The Morgan fingerprint density at radius 2 is 1.95 bits per heavy atom. The summed E-state index contributed by atoms with van der Waals surface area (Å²) in [5.74, 6) is 0.167. The molecule has 1 heterocycles. The molecule has 106 valence electrons. The molecule has 0 aliphatic rings. The van der Waals surface area contributed by atoms with Crippen molar-refractivity contribution in [3.8, 4) is 0 Å². The third-order valence-electron chi connectivity index (χ3n) is 3.14. The molecule has 0 saturated carbocycles. The second-order valence-electron chi connectivity index (χ2n) is 5.04. The van der Waals surface area contributed by atoms with Gasteiger partial charge in [-0.3, -0.25) is 4.79 Å². The van der Waals surface area contributed by atoms with E-state index in [1.165, 1.54) is 4.88 Å². The minimum absolute atomic E-state index is 0.167. The van der Waals surface area contributed by atoms with Crippen LogP contribution in [0.25, 0.3) is 0 Å². The van der Waals surface area contributed by atoms with E-state index in [9.17, 15) is 4.79 Å². The minimum Gasteiger partial charge on any atom is -0.335 e. The predicted molar refractivity (Wildman–Crippen MR) is 87.4 cm³/mol. The largest absolute Gasteiger partial charge is 0.335 e. The molecule has 0 spiro atoms. The van der Waals surface area contributed by atoms with Crippen LogP contribution in [0.3, 0.4) is 0 Å². The molecular weight excluding hydrogens is 286 g/mol. The van der Waals surface area contributed by atoms with E-state index in [-0.39, 0.29) is 11.9 Å². The van der Waals surface area contributed by atoms with Crippen molar-refractivity contribution in [3.63, 3.8) is 0 Å². The number of hydrogen-bond donors (Lipinski definition) is 1. The molecule has 2 aromatic rings. The van der Waals surface area contributed by atoms with E-state index < -0.39 is 0 Å². The van der Waals surface area contributed by atoms with Crippen molar-refractivity contribution in [2.75, 3.05) is 0 Å². The summed E-state index contributed by atoms with van der Waals surface area (Å²) in [6, 6.07) is 12.1. The number of rotatable bonds is 5. The first-order chi connectivity index (χ1) is 9.56. The summed E-state index contributed by atoms with van der Waals surface area (Å²) in [4.78, 5) is 16.5. The number of hydrogen-bond acceptors (Lipinski definition) is 3. The summed E-state index contributed by atoms with van der Waals surface area (Å²) in [6.07, 6.45) is 0.442. The van der Waals surface area contributed by atoms with Gasteiger partial charge >= 0.3 is 0 Å². The van der Waals surface area contributed by atoms with E-state index in [4.69, 9.17) is 0 Å². The van der Waals surface area contributed by atoms with Crippen molar-refractivity contribution in [1.29, 1.82) is 0 Å². The molecule has 0 bridgehead atoms. The quantitative estimate of drug-likeness (QED) is 0.827. The summed E-state index contributed by atoms with van der Waals surface area (Å²) < 4.78 is 0. The van der Waals surface area contributed by atoms with E-state index >= 15 is 0 Å². The highest BCUT2D eigenvalue weighted by molar-refractivity contribution is 7.80. The highest BCUT2D eigenvalue weighted by Crippen LogP contribution is 2.16. The van der Waals surface area contributed by atoms with Crippen LogP contribution in [0.5, 0.6) is 0 Å². The molecule has 2 nitrogen and oxygen atoms in total. The summed E-state index contributed by atoms with van der Waals surface area (Å²) in [5, 5.41) is 2.05. The van der Waals surface area contributed by atoms with E-state index in [0.717, 1.165) is 10.5 Å². The second-order valence-corrected chi connectivity index (χ2v) is 6.59. The zero-order valence-electron chi connectivity index (χ0n) is 11.7. The normalized spacial score (nSPS) is 10.8. The van der Waals surface area contributed by atoms with Crippen LogP contribution >= 0.6 is 24.0 Å².